The lowest BCUT2D eigenvalue weighted by Crippen LogP contribution is -2.41. The number of rotatable bonds is 0. The van der Waals surface area contributed by atoms with Crippen LogP contribution in [-0.4, -0.2) is 16.6 Å². The summed E-state index contributed by atoms with van der Waals surface area (Å²) in [6.07, 6.45) is 1.78. The van der Waals surface area contributed by atoms with Crippen LogP contribution in [0.5, 0.6) is 0 Å². The Balaban J connectivity index is 2.36. The molecule has 0 unspecified atom stereocenters. The van der Waals surface area contributed by atoms with Gasteiger partial charge in [-0.15, -0.1) is 11.6 Å². The largest absolute Gasteiger partial charge is 0.391 e. The van der Waals surface area contributed by atoms with Crippen LogP contribution in [0.15, 0.2) is 12.2 Å². The van der Waals surface area contributed by atoms with E-state index in [0.717, 1.165) is 0 Å². The summed E-state index contributed by atoms with van der Waals surface area (Å²) < 4.78 is 53.8. The van der Waals surface area contributed by atoms with E-state index < -0.39 is 46.6 Å². The number of allylic oxidation sites excluding steroid dienone is 1. The molecule has 1 nitrogen and oxygen atoms in total. The molecule has 96 valence electrons. The smallest absolute Gasteiger partial charge is 0.197 e. The molecule has 18 heavy (non-hydrogen) atoms. The zero-order chi connectivity index (χ0) is 13.2. The van der Waals surface area contributed by atoms with Gasteiger partial charge in [-0.05, 0) is 0 Å². The molecule has 0 amide bonds. The molecule has 1 aromatic rings. The summed E-state index contributed by atoms with van der Waals surface area (Å²) in [5, 5.41) is 8.92. The Labute approximate surface area is 105 Å². The molecule has 0 fully saturated rings. The standard InChI is InChI=1S/C12H7ClF4O/c13-7-3-1-2-4(12(7)18)6-5(3)8(14)10(16)11(17)9(6)15/h1-4,7,12,18H/t3-,4+,7+,12-/m0/s1. The molecule has 3 aliphatic rings. The highest BCUT2D eigenvalue weighted by molar-refractivity contribution is 6.22. The first-order valence-electron chi connectivity index (χ1n) is 5.31. The Morgan fingerprint density at radius 1 is 0.833 bits per heavy atom. The molecule has 0 saturated heterocycles. The van der Waals surface area contributed by atoms with Gasteiger partial charge >= 0.3 is 0 Å². The molecule has 0 aliphatic heterocycles. The predicted octanol–water partition coefficient (Wildman–Crippen LogP) is 2.96. The van der Waals surface area contributed by atoms with E-state index in [1.54, 1.807) is 0 Å². The van der Waals surface area contributed by atoms with E-state index >= 15 is 0 Å². The molecule has 6 heteroatoms. The van der Waals surface area contributed by atoms with E-state index in [1.165, 1.54) is 12.2 Å². The Bertz CT molecular complexity index is 523. The van der Waals surface area contributed by atoms with Crippen molar-refractivity contribution in [1.82, 2.24) is 0 Å². The molecular formula is C12H7ClF4O. The van der Waals surface area contributed by atoms with Crippen molar-refractivity contribution < 1.29 is 22.7 Å². The minimum atomic E-state index is -1.86. The van der Waals surface area contributed by atoms with Crippen LogP contribution in [0.4, 0.5) is 17.6 Å². The van der Waals surface area contributed by atoms with Crippen molar-refractivity contribution in [1.29, 1.82) is 0 Å². The molecule has 0 radical (unpaired) electrons. The van der Waals surface area contributed by atoms with Crippen molar-refractivity contribution in [2.75, 3.05) is 0 Å². The van der Waals surface area contributed by atoms with Crippen LogP contribution in [0.25, 0.3) is 0 Å². The molecule has 0 aromatic heterocycles. The van der Waals surface area contributed by atoms with Crippen LogP contribution in [-0.2, 0) is 0 Å². The summed E-state index contributed by atoms with van der Waals surface area (Å²) in [5.41, 5.74) is -0.618. The molecule has 0 heterocycles. The van der Waals surface area contributed by atoms with Crippen LogP contribution >= 0.6 is 11.6 Å². The monoisotopic (exact) mass is 278 g/mol. The Morgan fingerprint density at radius 2 is 1.28 bits per heavy atom. The summed E-state index contributed by atoms with van der Waals surface area (Å²) in [4.78, 5) is 0. The molecule has 0 spiro atoms. The van der Waals surface area contributed by atoms with Gasteiger partial charge in [-0.2, -0.15) is 0 Å². The molecule has 4 rings (SSSR count). The highest BCUT2D eigenvalue weighted by Crippen LogP contribution is 2.50. The summed E-state index contributed by atoms with van der Waals surface area (Å²) in [6.45, 7) is 0. The highest BCUT2D eigenvalue weighted by atomic mass is 35.5. The number of hydrogen-bond donors (Lipinski definition) is 1. The molecule has 4 atom stereocenters. The van der Waals surface area contributed by atoms with Gasteiger partial charge in [0.2, 0.25) is 0 Å². The summed E-state index contributed by atoms with van der Waals surface area (Å²) in [7, 11) is 0. The maximum atomic E-state index is 13.7. The predicted molar refractivity (Wildman–Crippen MR) is 56.5 cm³/mol. The van der Waals surface area contributed by atoms with Gasteiger partial charge in [0.1, 0.15) is 0 Å². The number of benzene rings is 1. The van der Waals surface area contributed by atoms with E-state index in [9.17, 15) is 22.7 Å². The van der Waals surface area contributed by atoms with Crippen molar-refractivity contribution in [3.05, 3.63) is 46.5 Å². The van der Waals surface area contributed by atoms with Crippen LogP contribution < -0.4 is 0 Å². The fraction of sp³-hybridized carbons (Fsp3) is 0.333. The second-order valence-corrected chi connectivity index (χ2v) is 4.96. The fourth-order valence-corrected chi connectivity index (χ4v) is 3.08. The lowest BCUT2D eigenvalue weighted by molar-refractivity contribution is 0.130. The maximum absolute atomic E-state index is 13.7. The van der Waals surface area contributed by atoms with Gasteiger partial charge in [0, 0.05) is 23.0 Å². The maximum Gasteiger partial charge on any atom is 0.197 e. The van der Waals surface area contributed by atoms with Crippen LogP contribution in [0.3, 0.4) is 0 Å². The Morgan fingerprint density at radius 3 is 1.83 bits per heavy atom. The SMILES string of the molecule is O[C@@H]1[C@H](Cl)[C@H]2C=C[C@@H]1c1c(F)c(F)c(F)c(F)c12. The number of aliphatic hydroxyl groups is 1. The first kappa shape index (κ1) is 12.0. The van der Waals surface area contributed by atoms with Crippen molar-refractivity contribution in [3.8, 4) is 0 Å². The summed E-state index contributed by atoms with van der Waals surface area (Å²) in [6, 6.07) is 0. The van der Waals surface area contributed by atoms with E-state index in [2.05, 4.69) is 0 Å². The molecule has 2 bridgehead atoms. The molecule has 1 aromatic carbocycles. The van der Waals surface area contributed by atoms with Crippen LogP contribution in [0, 0.1) is 23.3 Å². The van der Waals surface area contributed by atoms with Gasteiger partial charge in [-0.25, -0.2) is 17.6 Å². The van der Waals surface area contributed by atoms with Gasteiger partial charge in [-0.3, -0.25) is 0 Å². The third kappa shape index (κ3) is 1.26. The van der Waals surface area contributed by atoms with E-state index in [0.29, 0.717) is 0 Å². The first-order chi connectivity index (χ1) is 8.45. The minimum Gasteiger partial charge on any atom is -0.391 e. The zero-order valence-electron chi connectivity index (χ0n) is 8.80. The van der Waals surface area contributed by atoms with Crippen molar-refractivity contribution in [3.63, 3.8) is 0 Å². The van der Waals surface area contributed by atoms with Gasteiger partial charge in [0.15, 0.2) is 23.3 Å². The fourth-order valence-electron chi connectivity index (χ4n) is 2.71. The van der Waals surface area contributed by atoms with E-state index in [1.807, 2.05) is 0 Å². The number of halogens is 5. The molecule has 0 saturated carbocycles. The van der Waals surface area contributed by atoms with Crippen LogP contribution in [0.2, 0.25) is 0 Å². The second-order valence-electron chi connectivity index (χ2n) is 4.45. The highest BCUT2D eigenvalue weighted by Gasteiger charge is 2.47. The average molecular weight is 279 g/mol. The normalized spacial score (nSPS) is 32.8. The summed E-state index contributed by atoms with van der Waals surface area (Å²) >= 11 is 5.90. The molecular weight excluding hydrogens is 272 g/mol. The van der Waals surface area contributed by atoms with Crippen molar-refractivity contribution in [2.24, 2.45) is 0 Å². The Kier molecular flexibility index (Phi) is 2.47. The quantitative estimate of drug-likeness (QED) is 0.254. The van der Waals surface area contributed by atoms with Crippen molar-refractivity contribution >= 4 is 11.6 Å². The zero-order valence-corrected chi connectivity index (χ0v) is 9.56. The second kappa shape index (κ2) is 3.71. The number of alkyl halides is 1. The number of fused-ring (bicyclic) bond motifs is 1. The van der Waals surface area contributed by atoms with Gasteiger partial charge in [0.25, 0.3) is 0 Å². The summed E-state index contributed by atoms with van der Waals surface area (Å²) in [5.74, 6) is -8.38. The van der Waals surface area contributed by atoms with E-state index in [-0.39, 0.29) is 11.1 Å². The lowest BCUT2D eigenvalue weighted by atomic mass is 9.69. The van der Waals surface area contributed by atoms with Gasteiger partial charge in [-0.1, -0.05) is 12.2 Å². The van der Waals surface area contributed by atoms with E-state index in [4.69, 9.17) is 11.6 Å². The molecule has 3 aliphatic carbocycles. The van der Waals surface area contributed by atoms with Gasteiger partial charge in [0.05, 0.1) is 11.5 Å². The van der Waals surface area contributed by atoms with Gasteiger partial charge < -0.3 is 5.11 Å². The molecule has 1 N–H and O–H groups in total. The van der Waals surface area contributed by atoms with Crippen molar-refractivity contribution in [2.45, 2.75) is 23.3 Å². The average Bonchev–Trinajstić information content (AvgIpc) is 2.38. The minimum absolute atomic E-state index is 0.288. The number of hydrogen-bond acceptors (Lipinski definition) is 1. The van der Waals surface area contributed by atoms with Crippen LogP contribution in [0.1, 0.15) is 23.0 Å². The first-order valence-corrected chi connectivity index (χ1v) is 5.75. The Hall–Kier alpha value is -1.07. The topological polar surface area (TPSA) is 20.2 Å². The number of aliphatic hydroxyl groups excluding tert-OH is 1. The third-order valence-corrected chi connectivity index (χ3v) is 4.10. The lowest BCUT2D eigenvalue weighted by Gasteiger charge is -2.41. The third-order valence-electron chi connectivity index (χ3n) is 3.57.